The smallest absolute Gasteiger partial charge is 0.126 e. The van der Waals surface area contributed by atoms with Crippen LogP contribution in [-0.2, 0) is 0 Å². The highest BCUT2D eigenvalue weighted by Gasteiger charge is 2.16. The molecule has 2 N–H and O–H groups in total. The Balaban J connectivity index is 2.12. The molecule has 0 atom stereocenters. The molecule has 114 valence electrons. The van der Waals surface area contributed by atoms with Gasteiger partial charge in [0.05, 0.1) is 7.11 Å². The molecule has 0 aliphatic carbocycles. The number of ether oxygens (including phenoxy) is 1. The molecule has 3 aromatic rings. The van der Waals surface area contributed by atoms with Crippen LogP contribution in [0.4, 0.5) is 10.2 Å². The molecule has 0 saturated heterocycles. The van der Waals surface area contributed by atoms with Gasteiger partial charge in [-0.2, -0.15) is 5.26 Å². The van der Waals surface area contributed by atoms with Crippen LogP contribution in [0.3, 0.4) is 0 Å². The van der Waals surface area contributed by atoms with E-state index in [9.17, 15) is 9.65 Å². The molecule has 0 amide bonds. The zero-order valence-electron chi connectivity index (χ0n) is 12.5. The maximum Gasteiger partial charge on any atom is 0.126 e. The fourth-order valence-corrected chi connectivity index (χ4v) is 2.44. The normalized spacial score (nSPS) is 10.3. The van der Waals surface area contributed by atoms with Crippen LogP contribution in [0.5, 0.6) is 5.75 Å². The van der Waals surface area contributed by atoms with E-state index in [0.717, 1.165) is 17.0 Å². The predicted molar refractivity (Wildman–Crippen MR) is 86.8 cm³/mol. The van der Waals surface area contributed by atoms with Gasteiger partial charge >= 0.3 is 0 Å². The van der Waals surface area contributed by atoms with Gasteiger partial charge in [0.25, 0.3) is 0 Å². The molecular formula is C18H14FN3O. The first-order valence-corrected chi connectivity index (χ1v) is 6.95. The van der Waals surface area contributed by atoms with E-state index < -0.39 is 0 Å². The number of nitrogen functional groups attached to an aromatic ring is 1. The lowest BCUT2D eigenvalue weighted by Crippen LogP contribution is -1.99. The number of anilines is 1. The molecule has 5 heteroatoms. The quantitative estimate of drug-likeness (QED) is 0.801. The first-order chi connectivity index (χ1) is 11.1. The van der Waals surface area contributed by atoms with Crippen molar-refractivity contribution in [1.29, 1.82) is 5.26 Å². The number of hydrogen-bond donors (Lipinski definition) is 1. The minimum Gasteiger partial charge on any atom is -0.497 e. The fourth-order valence-electron chi connectivity index (χ4n) is 2.44. The van der Waals surface area contributed by atoms with Gasteiger partial charge in [-0.15, -0.1) is 0 Å². The summed E-state index contributed by atoms with van der Waals surface area (Å²) < 4.78 is 20.0. The molecule has 4 nitrogen and oxygen atoms in total. The Bertz CT molecular complexity index is 874. The minimum absolute atomic E-state index is 0.324. The van der Waals surface area contributed by atoms with E-state index in [1.54, 1.807) is 30.0 Å². The van der Waals surface area contributed by atoms with Gasteiger partial charge in [0.1, 0.15) is 29.0 Å². The average Bonchev–Trinajstić information content (AvgIpc) is 2.92. The molecule has 0 bridgehead atoms. The Hall–Kier alpha value is -3.26. The van der Waals surface area contributed by atoms with Crippen molar-refractivity contribution in [2.45, 2.75) is 0 Å². The number of aromatic nitrogens is 1. The van der Waals surface area contributed by atoms with E-state index >= 15 is 0 Å². The molecule has 0 aliphatic heterocycles. The van der Waals surface area contributed by atoms with Crippen LogP contribution in [0, 0.1) is 17.1 Å². The SMILES string of the molecule is COc1ccc(-n2cc(-c3ccc(F)cc3)c(C#N)c2N)cc1. The molecule has 0 radical (unpaired) electrons. The third-order valence-corrected chi connectivity index (χ3v) is 3.66. The number of nitriles is 1. The maximum atomic E-state index is 13.1. The summed E-state index contributed by atoms with van der Waals surface area (Å²) in [6.07, 6.45) is 1.78. The largest absolute Gasteiger partial charge is 0.497 e. The molecule has 1 heterocycles. The van der Waals surface area contributed by atoms with Crippen LogP contribution in [0.1, 0.15) is 5.56 Å². The van der Waals surface area contributed by atoms with E-state index in [1.165, 1.54) is 12.1 Å². The average molecular weight is 307 g/mol. The number of halogens is 1. The van der Waals surface area contributed by atoms with E-state index in [0.29, 0.717) is 16.9 Å². The van der Waals surface area contributed by atoms with Crippen LogP contribution in [0.2, 0.25) is 0 Å². The second-order valence-electron chi connectivity index (χ2n) is 4.99. The summed E-state index contributed by atoms with van der Waals surface area (Å²) in [7, 11) is 1.60. The summed E-state index contributed by atoms with van der Waals surface area (Å²) in [6, 6.07) is 15.4. The maximum absolute atomic E-state index is 13.1. The number of rotatable bonds is 3. The van der Waals surface area contributed by atoms with Gasteiger partial charge in [-0.05, 0) is 42.0 Å². The number of benzene rings is 2. The van der Waals surface area contributed by atoms with Gasteiger partial charge in [-0.25, -0.2) is 4.39 Å². The topological polar surface area (TPSA) is 64.0 Å². The van der Waals surface area contributed by atoms with Crippen molar-refractivity contribution in [3.8, 4) is 28.6 Å². The summed E-state index contributed by atoms with van der Waals surface area (Å²) in [6.45, 7) is 0. The zero-order chi connectivity index (χ0) is 16.4. The summed E-state index contributed by atoms with van der Waals surface area (Å²) >= 11 is 0. The lowest BCUT2D eigenvalue weighted by atomic mass is 10.1. The lowest BCUT2D eigenvalue weighted by Gasteiger charge is -2.06. The second-order valence-corrected chi connectivity index (χ2v) is 4.99. The predicted octanol–water partition coefficient (Wildman–Crippen LogP) is 3.75. The van der Waals surface area contributed by atoms with Gasteiger partial charge in [0.2, 0.25) is 0 Å². The molecule has 0 saturated carbocycles. The molecule has 23 heavy (non-hydrogen) atoms. The third kappa shape index (κ3) is 2.62. The van der Waals surface area contributed by atoms with Crippen LogP contribution in [0.25, 0.3) is 16.8 Å². The molecule has 1 aromatic heterocycles. The first kappa shape index (κ1) is 14.7. The highest BCUT2D eigenvalue weighted by molar-refractivity contribution is 5.77. The minimum atomic E-state index is -0.324. The zero-order valence-corrected chi connectivity index (χ0v) is 12.5. The molecule has 0 spiro atoms. The highest BCUT2D eigenvalue weighted by Crippen LogP contribution is 2.32. The Kier molecular flexibility index (Phi) is 3.73. The van der Waals surface area contributed by atoms with Crippen LogP contribution < -0.4 is 10.5 Å². The van der Waals surface area contributed by atoms with Crippen molar-refractivity contribution in [2.24, 2.45) is 0 Å². The molecule has 2 aromatic carbocycles. The molecule has 0 unspecified atom stereocenters. The lowest BCUT2D eigenvalue weighted by molar-refractivity contribution is 0.415. The van der Waals surface area contributed by atoms with Gasteiger partial charge in [0, 0.05) is 17.4 Å². The van der Waals surface area contributed by atoms with Crippen molar-refractivity contribution in [2.75, 3.05) is 12.8 Å². The fraction of sp³-hybridized carbons (Fsp3) is 0.0556. The summed E-state index contributed by atoms with van der Waals surface area (Å²) in [5, 5.41) is 9.42. The van der Waals surface area contributed by atoms with Gasteiger partial charge in [0.15, 0.2) is 0 Å². The Morgan fingerprint density at radius 2 is 1.74 bits per heavy atom. The third-order valence-electron chi connectivity index (χ3n) is 3.66. The summed E-state index contributed by atoms with van der Waals surface area (Å²) in [5.74, 6) is 0.755. The number of nitrogens with two attached hydrogens (primary N) is 1. The van der Waals surface area contributed by atoms with Crippen LogP contribution in [-0.4, -0.2) is 11.7 Å². The Labute approximate surface area is 133 Å². The van der Waals surface area contributed by atoms with Crippen LogP contribution in [0.15, 0.2) is 54.7 Å². The van der Waals surface area contributed by atoms with E-state index in [4.69, 9.17) is 10.5 Å². The molecule has 0 fully saturated rings. The van der Waals surface area contributed by atoms with Crippen molar-refractivity contribution in [1.82, 2.24) is 4.57 Å². The summed E-state index contributed by atoms with van der Waals surface area (Å²) in [5.41, 5.74) is 8.71. The monoisotopic (exact) mass is 307 g/mol. The van der Waals surface area contributed by atoms with Crippen molar-refractivity contribution >= 4 is 5.82 Å². The van der Waals surface area contributed by atoms with Gasteiger partial charge in [-0.1, -0.05) is 12.1 Å². The van der Waals surface area contributed by atoms with E-state index in [1.807, 2.05) is 24.3 Å². The summed E-state index contributed by atoms with van der Waals surface area (Å²) in [4.78, 5) is 0. The van der Waals surface area contributed by atoms with E-state index in [2.05, 4.69) is 6.07 Å². The number of nitrogens with zero attached hydrogens (tertiary/aromatic N) is 2. The molecule has 3 rings (SSSR count). The van der Waals surface area contributed by atoms with Crippen LogP contribution >= 0.6 is 0 Å². The molecular weight excluding hydrogens is 293 g/mol. The first-order valence-electron chi connectivity index (χ1n) is 6.95. The number of hydrogen-bond acceptors (Lipinski definition) is 3. The second kappa shape index (κ2) is 5.85. The highest BCUT2D eigenvalue weighted by atomic mass is 19.1. The Morgan fingerprint density at radius 1 is 1.09 bits per heavy atom. The van der Waals surface area contributed by atoms with Gasteiger partial charge in [-0.3, -0.25) is 0 Å². The van der Waals surface area contributed by atoms with Crippen molar-refractivity contribution in [3.05, 3.63) is 66.1 Å². The van der Waals surface area contributed by atoms with Crippen molar-refractivity contribution in [3.63, 3.8) is 0 Å². The molecule has 0 aliphatic rings. The van der Waals surface area contributed by atoms with E-state index in [-0.39, 0.29) is 5.82 Å². The van der Waals surface area contributed by atoms with Crippen molar-refractivity contribution < 1.29 is 9.13 Å². The van der Waals surface area contributed by atoms with Gasteiger partial charge < -0.3 is 15.0 Å². The Morgan fingerprint density at radius 3 is 2.30 bits per heavy atom. The standard InChI is InChI=1S/C18H14FN3O/c1-23-15-8-6-14(7-9-15)22-11-17(16(10-20)18(22)21)12-2-4-13(19)5-3-12/h2-9,11H,21H2,1H3. The number of methoxy groups -OCH3 is 1.